The van der Waals surface area contributed by atoms with Crippen molar-refractivity contribution in [3.63, 3.8) is 0 Å². The van der Waals surface area contributed by atoms with Crippen LogP contribution in [0.15, 0.2) is 24.8 Å². The molecule has 33 heavy (non-hydrogen) atoms. The molecule has 8 nitrogen and oxygen atoms in total. The molecule has 3 aliphatic carbocycles. The van der Waals surface area contributed by atoms with E-state index in [9.17, 15) is 5.26 Å². The lowest BCUT2D eigenvalue weighted by Gasteiger charge is -2.66. The number of aryl methyl sites for hydroxylation is 3. The van der Waals surface area contributed by atoms with Gasteiger partial charge in [-0.25, -0.2) is 0 Å². The Morgan fingerprint density at radius 3 is 2.48 bits per heavy atom. The summed E-state index contributed by atoms with van der Waals surface area (Å²) >= 11 is 0. The highest BCUT2D eigenvalue weighted by Crippen LogP contribution is 2.67. The molecule has 0 spiro atoms. The van der Waals surface area contributed by atoms with Gasteiger partial charge in [-0.3, -0.25) is 4.68 Å². The number of allylic oxidation sites excluding steroid dienone is 1. The van der Waals surface area contributed by atoms with Crippen LogP contribution in [-0.4, -0.2) is 25.3 Å². The lowest BCUT2D eigenvalue weighted by Crippen LogP contribution is -2.70. The molecule has 1 N–H and O–H groups in total. The van der Waals surface area contributed by atoms with Crippen molar-refractivity contribution in [3.8, 4) is 23.8 Å². The molecule has 0 atom stereocenters. The van der Waals surface area contributed by atoms with Crippen molar-refractivity contribution in [2.45, 2.75) is 38.6 Å². The molecule has 164 valence electrons. The third-order valence-corrected chi connectivity index (χ3v) is 6.58. The molecule has 1 aromatic carbocycles. The summed E-state index contributed by atoms with van der Waals surface area (Å²) in [5.41, 5.74) is 3.78. The first-order chi connectivity index (χ1) is 15.8. The summed E-state index contributed by atoms with van der Waals surface area (Å²) in [5, 5.41) is 26.8. The summed E-state index contributed by atoms with van der Waals surface area (Å²) in [6.07, 6.45) is 7.36. The number of benzene rings is 1. The van der Waals surface area contributed by atoms with E-state index in [2.05, 4.69) is 28.0 Å². The third-order valence-electron chi connectivity index (χ3n) is 6.58. The smallest absolute Gasteiger partial charge is 0.235 e. The summed E-state index contributed by atoms with van der Waals surface area (Å²) in [4.78, 5) is 9.36. The first-order valence-electron chi connectivity index (χ1n) is 10.7. The topological polar surface area (TPSA) is 112 Å². The summed E-state index contributed by atoms with van der Waals surface area (Å²) < 4.78 is 8.11. The SMILES string of the molecule is C=Cc1c2c(Oc3c(C)cc(/C=C/C#N)cc3C)nc(NC34CC(C#N)(C3)C4)nc2nn1C. The van der Waals surface area contributed by atoms with E-state index < -0.39 is 0 Å². The van der Waals surface area contributed by atoms with Gasteiger partial charge in [0.15, 0.2) is 5.65 Å². The minimum Gasteiger partial charge on any atom is -0.437 e. The molecule has 0 aliphatic heterocycles. The van der Waals surface area contributed by atoms with Crippen molar-refractivity contribution >= 4 is 29.1 Å². The molecule has 3 aromatic rings. The van der Waals surface area contributed by atoms with Gasteiger partial charge in [-0.15, -0.1) is 0 Å². The molecule has 2 bridgehead atoms. The zero-order valence-electron chi connectivity index (χ0n) is 18.8. The number of anilines is 1. The van der Waals surface area contributed by atoms with Gasteiger partial charge < -0.3 is 10.1 Å². The van der Waals surface area contributed by atoms with Gasteiger partial charge in [-0.2, -0.15) is 25.6 Å². The second-order valence-corrected chi connectivity index (χ2v) is 9.14. The Hall–Kier alpha value is -4.17. The number of nitrogens with one attached hydrogen (secondary N) is 1. The maximum Gasteiger partial charge on any atom is 0.235 e. The van der Waals surface area contributed by atoms with Crippen LogP contribution in [0.2, 0.25) is 0 Å². The van der Waals surface area contributed by atoms with Crippen LogP contribution < -0.4 is 10.1 Å². The molecule has 6 rings (SSSR count). The van der Waals surface area contributed by atoms with E-state index in [1.807, 2.05) is 39.1 Å². The molecule has 3 aliphatic rings. The number of rotatable bonds is 6. The molecule has 0 saturated heterocycles. The Bertz CT molecular complexity index is 1390. The standard InChI is InChI=1S/C25H23N7O/c1-5-18-19-21(31-32(18)4)28-23(30-25-11-24(12-25,13-25)14-27)29-22(19)33-20-15(2)9-17(7-6-8-26)10-16(20)3/h5-7,9-10H,1,11-13H2,2-4H3,(H,28,30,31)/b7-6+. The second kappa shape index (κ2) is 7.18. The van der Waals surface area contributed by atoms with E-state index >= 15 is 0 Å². The molecule has 3 fully saturated rings. The summed E-state index contributed by atoms with van der Waals surface area (Å²) in [6.45, 7) is 7.84. The minimum atomic E-state index is -0.173. The average Bonchev–Trinajstić information content (AvgIpc) is 3.05. The van der Waals surface area contributed by atoms with Crippen molar-refractivity contribution < 1.29 is 4.74 Å². The molecule has 0 amide bonds. The van der Waals surface area contributed by atoms with Crippen LogP contribution in [-0.2, 0) is 7.05 Å². The first kappa shape index (κ1) is 20.7. The lowest BCUT2D eigenvalue weighted by molar-refractivity contribution is -0.0665. The van der Waals surface area contributed by atoms with Crippen LogP contribution >= 0.6 is 0 Å². The fourth-order valence-corrected chi connectivity index (χ4v) is 5.19. The van der Waals surface area contributed by atoms with E-state index in [0.29, 0.717) is 28.6 Å². The normalized spacial score (nSPS) is 22.8. The molecular formula is C25H23N7O. The van der Waals surface area contributed by atoms with E-state index in [1.165, 1.54) is 6.08 Å². The maximum atomic E-state index is 9.32. The molecule has 0 unspecified atom stereocenters. The highest BCUT2D eigenvalue weighted by Gasteiger charge is 2.69. The van der Waals surface area contributed by atoms with Gasteiger partial charge in [0.2, 0.25) is 11.8 Å². The summed E-state index contributed by atoms with van der Waals surface area (Å²) in [6, 6.07) is 8.37. The van der Waals surface area contributed by atoms with Gasteiger partial charge in [0.25, 0.3) is 0 Å². The number of hydrogen-bond acceptors (Lipinski definition) is 7. The van der Waals surface area contributed by atoms with Crippen LogP contribution in [0.4, 0.5) is 5.95 Å². The van der Waals surface area contributed by atoms with Crippen molar-refractivity contribution in [3.05, 3.63) is 47.2 Å². The first-order valence-corrected chi connectivity index (χ1v) is 10.7. The predicted octanol–water partition coefficient (Wildman–Crippen LogP) is 4.81. The number of nitrogens with zero attached hydrogens (tertiary/aromatic N) is 6. The fourth-order valence-electron chi connectivity index (χ4n) is 5.19. The summed E-state index contributed by atoms with van der Waals surface area (Å²) in [7, 11) is 1.83. The van der Waals surface area contributed by atoms with Gasteiger partial charge in [-0.1, -0.05) is 6.58 Å². The van der Waals surface area contributed by atoms with Gasteiger partial charge in [0.1, 0.15) is 11.1 Å². The van der Waals surface area contributed by atoms with Gasteiger partial charge in [0, 0.05) is 18.7 Å². The minimum absolute atomic E-state index is 0.114. The molecule has 2 aromatic heterocycles. The molecule has 8 heteroatoms. The largest absolute Gasteiger partial charge is 0.437 e. The van der Waals surface area contributed by atoms with Crippen LogP contribution in [0.5, 0.6) is 11.6 Å². The molecule has 3 saturated carbocycles. The highest BCUT2D eigenvalue weighted by atomic mass is 16.5. The zero-order chi connectivity index (χ0) is 23.4. The van der Waals surface area contributed by atoms with Crippen LogP contribution in [0.3, 0.4) is 0 Å². The Kier molecular flexibility index (Phi) is 4.51. The highest BCUT2D eigenvalue weighted by molar-refractivity contribution is 5.89. The Morgan fingerprint density at radius 1 is 1.18 bits per heavy atom. The fraction of sp³-hybridized carbons (Fsp3) is 0.320. The number of aromatic nitrogens is 4. The molecule has 2 heterocycles. The average molecular weight is 438 g/mol. The molecular weight excluding hydrogens is 414 g/mol. The summed E-state index contributed by atoms with van der Waals surface area (Å²) in [5.74, 6) is 1.54. The number of fused-ring (bicyclic) bond motifs is 1. The van der Waals surface area contributed by atoms with Crippen molar-refractivity contribution in [1.29, 1.82) is 10.5 Å². The Labute approximate surface area is 191 Å². The Balaban J connectivity index is 1.56. The van der Waals surface area contributed by atoms with Gasteiger partial charge in [-0.05, 0) is 74.1 Å². The van der Waals surface area contributed by atoms with Gasteiger partial charge >= 0.3 is 0 Å². The van der Waals surface area contributed by atoms with Crippen LogP contribution in [0.25, 0.3) is 23.2 Å². The maximum absolute atomic E-state index is 9.32. The number of nitriles is 2. The van der Waals surface area contributed by atoms with E-state index in [-0.39, 0.29) is 11.0 Å². The third kappa shape index (κ3) is 3.23. The van der Waals surface area contributed by atoms with E-state index in [0.717, 1.165) is 41.6 Å². The van der Waals surface area contributed by atoms with Crippen molar-refractivity contribution in [2.24, 2.45) is 12.5 Å². The zero-order valence-corrected chi connectivity index (χ0v) is 18.8. The van der Waals surface area contributed by atoms with E-state index in [1.54, 1.807) is 16.8 Å². The Morgan fingerprint density at radius 2 is 1.88 bits per heavy atom. The number of hydrogen-bond donors (Lipinski definition) is 1. The lowest BCUT2D eigenvalue weighted by atomic mass is 9.40. The van der Waals surface area contributed by atoms with Gasteiger partial charge in [0.05, 0.1) is 23.2 Å². The van der Waals surface area contributed by atoms with Crippen LogP contribution in [0.1, 0.15) is 41.6 Å². The second-order valence-electron chi connectivity index (χ2n) is 9.14. The van der Waals surface area contributed by atoms with E-state index in [4.69, 9.17) is 15.0 Å². The van der Waals surface area contributed by atoms with Crippen molar-refractivity contribution in [2.75, 3.05) is 5.32 Å². The predicted molar refractivity (Wildman–Crippen MR) is 125 cm³/mol. The monoisotopic (exact) mass is 437 g/mol. The van der Waals surface area contributed by atoms with Crippen LogP contribution in [0, 0.1) is 41.9 Å². The molecule has 0 radical (unpaired) electrons. The van der Waals surface area contributed by atoms with Crippen molar-refractivity contribution in [1.82, 2.24) is 19.7 Å². The quantitative estimate of drug-likeness (QED) is 0.551. The number of ether oxygens (including phenoxy) is 1.